The van der Waals surface area contributed by atoms with Crippen LogP contribution in [0.2, 0.25) is 0 Å². The Morgan fingerprint density at radius 2 is 1.20 bits per heavy atom. The Labute approximate surface area is 131 Å². The molecule has 0 saturated carbocycles. The average molecular weight is 303 g/mol. The number of halogens is 1. The van der Waals surface area contributed by atoms with Crippen LogP contribution in [0.4, 0.5) is 0 Å². The predicted molar refractivity (Wildman–Crippen MR) is 90.6 cm³/mol. The molecule has 0 aromatic rings. The molecule has 0 aliphatic rings. The van der Waals surface area contributed by atoms with Crippen molar-refractivity contribution < 1.29 is 4.79 Å². The van der Waals surface area contributed by atoms with E-state index in [4.69, 9.17) is 11.6 Å². The molecule has 1 atom stereocenters. The van der Waals surface area contributed by atoms with Gasteiger partial charge in [0.05, 0.1) is 5.38 Å². The van der Waals surface area contributed by atoms with Crippen molar-refractivity contribution in [2.24, 2.45) is 0 Å². The number of carbonyl (C=O) groups excluding carboxylic acids is 1. The summed E-state index contributed by atoms with van der Waals surface area (Å²) in [7, 11) is 0. The van der Waals surface area contributed by atoms with Gasteiger partial charge >= 0.3 is 0 Å². The van der Waals surface area contributed by atoms with E-state index in [0.29, 0.717) is 6.42 Å². The minimum absolute atomic E-state index is 0.225. The molecule has 1 unspecified atom stereocenters. The fourth-order valence-corrected chi connectivity index (χ4v) is 2.76. The van der Waals surface area contributed by atoms with Crippen molar-refractivity contribution in [2.75, 3.05) is 0 Å². The van der Waals surface area contributed by atoms with Crippen LogP contribution in [0.1, 0.15) is 104 Å². The second-order valence-electron chi connectivity index (χ2n) is 6.01. The standard InChI is InChI=1S/C18H35ClO/c1-3-5-7-9-10-12-13-15-17(19)18(20)16-14-11-8-6-4-2/h17H,3-16H2,1-2H3. The second kappa shape index (κ2) is 15.4. The van der Waals surface area contributed by atoms with Gasteiger partial charge in [0.15, 0.2) is 5.78 Å². The van der Waals surface area contributed by atoms with Crippen LogP contribution in [0.15, 0.2) is 0 Å². The third-order valence-corrected chi connectivity index (χ3v) is 4.40. The Hall–Kier alpha value is -0.0400. The SMILES string of the molecule is CCCCCCCCCC(Cl)C(=O)CCCCCCC. The van der Waals surface area contributed by atoms with Crippen molar-refractivity contribution in [3.63, 3.8) is 0 Å². The van der Waals surface area contributed by atoms with Gasteiger partial charge < -0.3 is 0 Å². The van der Waals surface area contributed by atoms with Crippen LogP contribution in [-0.4, -0.2) is 11.2 Å². The fourth-order valence-electron chi connectivity index (χ4n) is 2.50. The maximum Gasteiger partial charge on any atom is 0.150 e. The van der Waals surface area contributed by atoms with Crippen molar-refractivity contribution in [1.82, 2.24) is 0 Å². The lowest BCUT2D eigenvalue weighted by molar-refractivity contribution is -0.119. The molecule has 0 heterocycles. The first-order valence-corrected chi connectivity index (χ1v) is 9.32. The van der Waals surface area contributed by atoms with E-state index in [9.17, 15) is 4.79 Å². The molecule has 0 aromatic heterocycles. The summed E-state index contributed by atoms with van der Waals surface area (Å²) in [5.41, 5.74) is 0. The predicted octanol–water partition coefficient (Wildman–Crippen LogP) is 6.66. The maximum absolute atomic E-state index is 11.8. The van der Waals surface area contributed by atoms with Gasteiger partial charge in [-0.05, 0) is 12.8 Å². The molecule has 0 spiro atoms. The summed E-state index contributed by atoms with van der Waals surface area (Å²) in [4.78, 5) is 11.8. The maximum atomic E-state index is 11.8. The Balaban J connectivity index is 3.36. The van der Waals surface area contributed by atoms with Crippen LogP contribution in [0.5, 0.6) is 0 Å². The molecule has 120 valence electrons. The first-order chi connectivity index (χ1) is 9.72. The van der Waals surface area contributed by atoms with Crippen molar-refractivity contribution >= 4 is 17.4 Å². The Morgan fingerprint density at radius 1 is 0.750 bits per heavy atom. The minimum Gasteiger partial charge on any atom is -0.298 e. The second-order valence-corrected chi connectivity index (χ2v) is 6.53. The first-order valence-electron chi connectivity index (χ1n) is 8.89. The molecule has 0 bridgehead atoms. The molecule has 0 N–H and O–H groups in total. The van der Waals surface area contributed by atoms with Gasteiger partial charge in [0.25, 0.3) is 0 Å². The highest BCUT2D eigenvalue weighted by molar-refractivity contribution is 6.31. The third kappa shape index (κ3) is 13.0. The molecular weight excluding hydrogens is 268 g/mol. The lowest BCUT2D eigenvalue weighted by Crippen LogP contribution is -2.14. The fraction of sp³-hybridized carbons (Fsp3) is 0.944. The van der Waals surface area contributed by atoms with E-state index in [1.807, 2.05) is 0 Å². The van der Waals surface area contributed by atoms with Crippen LogP contribution in [0.25, 0.3) is 0 Å². The molecule has 0 rings (SSSR count). The first kappa shape index (κ1) is 20.0. The molecule has 0 saturated heterocycles. The van der Waals surface area contributed by atoms with E-state index >= 15 is 0 Å². The largest absolute Gasteiger partial charge is 0.298 e. The van der Waals surface area contributed by atoms with Gasteiger partial charge in [-0.1, -0.05) is 84.5 Å². The summed E-state index contributed by atoms with van der Waals surface area (Å²) < 4.78 is 0. The number of alkyl halides is 1. The van der Waals surface area contributed by atoms with E-state index in [2.05, 4.69) is 13.8 Å². The lowest BCUT2D eigenvalue weighted by atomic mass is 10.0. The zero-order valence-corrected chi connectivity index (χ0v) is 14.5. The van der Waals surface area contributed by atoms with E-state index in [1.165, 1.54) is 64.2 Å². The molecule has 0 aromatic carbocycles. The van der Waals surface area contributed by atoms with Gasteiger partial charge in [-0.15, -0.1) is 11.6 Å². The summed E-state index contributed by atoms with van der Waals surface area (Å²) in [6.07, 6.45) is 16.6. The smallest absolute Gasteiger partial charge is 0.150 e. The highest BCUT2D eigenvalue weighted by Crippen LogP contribution is 2.16. The lowest BCUT2D eigenvalue weighted by Gasteiger charge is -2.08. The Morgan fingerprint density at radius 3 is 1.75 bits per heavy atom. The average Bonchev–Trinajstić information content (AvgIpc) is 2.45. The molecular formula is C18H35ClO. The van der Waals surface area contributed by atoms with E-state index in [-0.39, 0.29) is 11.2 Å². The number of hydrogen-bond acceptors (Lipinski definition) is 1. The molecule has 0 amide bonds. The summed E-state index contributed by atoms with van der Waals surface area (Å²) in [6.45, 7) is 4.45. The van der Waals surface area contributed by atoms with Crippen molar-refractivity contribution in [3.05, 3.63) is 0 Å². The van der Waals surface area contributed by atoms with Gasteiger partial charge in [-0.3, -0.25) is 4.79 Å². The van der Waals surface area contributed by atoms with Crippen molar-refractivity contribution in [3.8, 4) is 0 Å². The monoisotopic (exact) mass is 302 g/mol. The summed E-state index contributed by atoms with van der Waals surface area (Å²) in [5.74, 6) is 0.272. The van der Waals surface area contributed by atoms with E-state index in [0.717, 1.165) is 19.3 Å². The summed E-state index contributed by atoms with van der Waals surface area (Å²) in [5, 5.41) is -0.225. The molecule has 20 heavy (non-hydrogen) atoms. The molecule has 2 heteroatoms. The Bertz CT molecular complexity index is 215. The van der Waals surface area contributed by atoms with Gasteiger partial charge in [0.2, 0.25) is 0 Å². The zero-order chi connectivity index (χ0) is 15.1. The van der Waals surface area contributed by atoms with Crippen LogP contribution >= 0.6 is 11.6 Å². The van der Waals surface area contributed by atoms with Crippen LogP contribution in [0, 0.1) is 0 Å². The van der Waals surface area contributed by atoms with Gasteiger partial charge in [-0.2, -0.15) is 0 Å². The molecule has 0 fully saturated rings. The number of rotatable bonds is 15. The van der Waals surface area contributed by atoms with Gasteiger partial charge in [0, 0.05) is 6.42 Å². The number of carbonyl (C=O) groups is 1. The van der Waals surface area contributed by atoms with Crippen LogP contribution in [-0.2, 0) is 4.79 Å². The third-order valence-electron chi connectivity index (χ3n) is 3.94. The van der Waals surface area contributed by atoms with Crippen molar-refractivity contribution in [1.29, 1.82) is 0 Å². The topological polar surface area (TPSA) is 17.1 Å². The van der Waals surface area contributed by atoms with Crippen molar-refractivity contribution in [2.45, 2.75) is 109 Å². The quantitative estimate of drug-likeness (QED) is 0.244. The highest BCUT2D eigenvalue weighted by atomic mass is 35.5. The summed E-state index contributed by atoms with van der Waals surface area (Å²) >= 11 is 6.18. The number of unbranched alkanes of at least 4 members (excludes halogenated alkanes) is 10. The van der Waals surface area contributed by atoms with Gasteiger partial charge in [-0.25, -0.2) is 0 Å². The molecule has 0 aliphatic heterocycles. The molecule has 0 aliphatic carbocycles. The zero-order valence-electron chi connectivity index (χ0n) is 13.8. The van der Waals surface area contributed by atoms with Crippen LogP contribution < -0.4 is 0 Å². The Kier molecular flexibility index (Phi) is 15.3. The van der Waals surface area contributed by atoms with Crippen LogP contribution in [0.3, 0.4) is 0 Å². The minimum atomic E-state index is -0.225. The molecule has 1 nitrogen and oxygen atoms in total. The number of hydrogen-bond donors (Lipinski definition) is 0. The normalized spacial score (nSPS) is 12.6. The van der Waals surface area contributed by atoms with Gasteiger partial charge in [0.1, 0.15) is 0 Å². The summed E-state index contributed by atoms with van der Waals surface area (Å²) in [6, 6.07) is 0. The van der Waals surface area contributed by atoms with E-state index in [1.54, 1.807) is 0 Å². The molecule has 0 radical (unpaired) electrons. The number of Topliss-reactive ketones (excluding diaryl/α,β-unsaturated/α-hetero) is 1. The van der Waals surface area contributed by atoms with E-state index < -0.39 is 0 Å². The number of ketones is 1. The highest BCUT2D eigenvalue weighted by Gasteiger charge is 2.13.